The number of nitrogens with one attached hydrogen (secondary N) is 1. The lowest BCUT2D eigenvalue weighted by Gasteiger charge is -2.34. The van der Waals surface area contributed by atoms with Gasteiger partial charge in [0.05, 0.1) is 22.9 Å². The van der Waals surface area contributed by atoms with Crippen molar-refractivity contribution in [1.82, 2.24) is 13.6 Å². The van der Waals surface area contributed by atoms with Crippen LogP contribution in [0.4, 0.5) is 48.3 Å². The zero-order valence-electron chi connectivity index (χ0n) is 20.8. The summed E-state index contributed by atoms with van der Waals surface area (Å²) in [7, 11) is 3.86. The van der Waals surface area contributed by atoms with E-state index in [4.69, 9.17) is 4.74 Å². The van der Waals surface area contributed by atoms with Crippen LogP contribution in [0.3, 0.4) is 0 Å². The molecule has 2 amide bonds. The summed E-state index contributed by atoms with van der Waals surface area (Å²) in [5.74, 6) is 0.827. The van der Waals surface area contributed by atoms with E-state index >= 15 is 0 Å². The van der Waals surface area contributed by atoms with Crippen molar-refractivity contribution in [3.05, 3.63) is 59.2 Å². The topological polar surface area (TPSA) is 73.8 Å². The van der Waals surface area contributed by atoms with E-state index in [-0.39, 0.29) is 25.8 Å². The largest absolute Gasteiger partial charge is 0.470 e. The Labute approximate surface area is 224 Å². The van der Waals surface area contributed by atoms with Crippen LogP contribution in [0.5, 0.6) is 5.88 Å². The number of carbonyl (C=O) groups excluding carboxylic acids is 1. The second-order valence-corrected chi connectivity index (χ2v) is 9.47. The van der Waals surface area contributed by atoms with Crippen molar-refractivity contribution in [3.8, 4) is 5.88 Å². The molecule has 0 bridgehead atoms. The molecule has 39 heavy (non-hydrogen) atoms. The number of nitrogens with zero attached hydrogens (tertiary/aromatic N) is 5. The Kier molecular flexibility index (Phi) is 8.09. The number of hydrogen-bond acceptors (Lipinski definition) is 7. The SMILES string of the molecule is CN(C)c1cccc(COc2nsnc2N2CCN(C(=O)Nc3cc(C(F)(F)F)cc(C(F)(F)F)c3)CC2)c1. The molecule has 210 valence electrons. The minimum atomic E-state index is -5.01. The van der Waals surface area contributed by atoms with Crippen LogP contribution < -0.4 is 19.9 Å². The molecule has 0 radical (unpaired) electrons. The molecular weight excluding hydrogens is 550 g/mol. The lowest BCUT2D eigenvalue weighted by atomic mass is 10.1. The van der Waals surface area contributed by atoms with E-state index in [0.29, 0.717) is 36.9 Å². The fourth-order valence-electron chi connectivity index (χ4n) is 3.89. The summed E-state index contributed by atoms with van der Waals surface area (Å²) in [6.45, 7) is 1.18. The van der Waals surface area contributed by atoms with Crippen molar-refractivity contribution >= 4 is 35.0 Å². The zero-order chi connectivity index (χ0) is 28.4. The monoisotopic (exact) mass is 574 g/mol. The lowest BCUT2D eigenvalue weighted by Crippen LogP contribution is -2.50. The summed E-state index contributed by atoms with van der Waals surface area (Å²) in [5.41, 5.74) is -1.65. The van der Waals surface area contributed by atoms with E-state index < -0.39 is 35.2 Å². The Morgan fingerprint density at radius 2 is 1.62 bits per heavy atom. The molecule has 0 aliphatic carbocycles. The van der Waals surface area contributed by atoms with Crippen LogP contribution in [-0.2, 0) is 19.0 Å². The third kappa shape index (κ3) is 7.02. The van der Waals surface area contributed by atoms with Gasteiger partial charge in [0, 0.05) is 51.6 Å². The normalized spacial score (nSPS) is 14.4. The molecule has 2 heterocycles. The molecule has 1 aromatic heterocycles. The number of amides is 2. The van der Waals surface area contributed by atoms with E-state index in [0.717, 1.165) is 23.0 Å². The molecule has 1 N–H and O–H groups in total. The first-order chi connectivity index (χ1) is 18.3. The summed E-state index contributed by atoms with van der Waals surface area (Å²) < 4.78 is 93.1. The average Bonchev–Trinajstić information content (AvgIpc) is 3.35. The molecule has 0 spiro atoms. The minimum absolute atomic E-state index is 0.00886. The van der Waals surface area contributed by atoms with Crippen molar-refractivity contribution in [2.45, 2.75) is 19.0 Å². The van der Waals surface area contributed by atoms with Gasteiger partial charge in [-0.05, 0) is 35.9 Å². The molecule has 1 aliphatic heterocycles. The summed E-state index contributed by atoms with van der Waals surface area (Å²) in [6, 6.07) is 7.94. The molecule has 4 rings (SSSR count). The molecule has 15 heteroatoms. The van der Waals surface area contributed by atoms with Crippen molar-refractivity contribution in [1.29, 1.82) is 0 Å². The van der Waals surface area contributed by atoms with Crippen LogP contribution in [0.2, 0.25) is 0 Å². The highest BCUT2D eigenvalue weighted by atomic mass is 32.1. The fourth-order valence-corrected chi connectivity index (χ4v) is 4.41. The average molecular weight is 575 g/mol. The summed E-state index contributed by atoms with van der Waals surface area (Å²) >= 11 is 0.967. The van der Waals surface area contributed by atoms with Gasteiger partial charge in [-0.1, -0.05) is 12.1 Å². The number of hydrogen-bond donors (Lipinski definition) is 1. The number of rotatable bonds is 6. The van der Waals surface area contributed by atoms with Crippen LogP contribution in [0.25, 0.3) is 0 Å². The van der Waals surface area contributed by atoms with E-state index in [2.05, 4.69) is 14.1 Å². The number of urea groups is 1. The zero-order valence-corrected chi connectivity index (χ0v) is 21.6. The van der Waals surface area contributed by atoms with Crippen molar-refractivity contribution < 1.29 is 35.9 Å². The van der Waals surface area contributed by atoms with E-state index in [1.807, 2.05) is 48.2 Å². The number of carbonyl (C=O) groups is 1. The van der Waals surface area contributed by atoms with Crippen LogP contribution in [-0.4, -0.2) is 60.0 Å². The van der Waals surface area contributed by atoms with Crippen LogP contribution >= 0.6 is 11.7 Å². The highest BCUT2D eigenvalue weighted by Crippen LogP contribution is 2.37. The first-order valence-corrected chi connectivity index (χ1v) is 12.4. The number of anilines is 3. The molecule has 1 saturated heterocycles. The predicted octanol–water partition coefficient (Wildman–Crippen LogP) is 5.57. The maximum atomic E-state index is 13.1. The molecular formula is C24H24F6N6O2S. The Morgan fingerprint density at radius 3 is 2.21 bits per heavy atom. The van der Waals surface area contributed by atoms with E-state index in [1.54, 1.807) is 0 Å². The first-order valence-electron chi connectivity index (χ1n) is 11.6. The van der Waals surface area contributed by atoms with Crippen LogP contribution in [0, 0.1) is 0 Å². The molecule has 3 aromatic rings. The maximum Gasteiger partial charge on any atom is 0.416 e. The highest BCUT2D eigenvalue weighted by Gasteiger charge is 2.37. The van der Waals surface area contributed by atoms with Crippen molar-refractivity contribution in [2.75, 3.05) is 55.4 Å². The van der Waals surface area contributed by atoms with E-state index in [1.165, 1.54) is 4.90 Å². The quantitative estimate of drug-likeness (QED) is 0.388. The molecule has 0 unspecified atom stereocenters. The first kappa shape index (κ1) is 28.3. The van der Waals surface area contributed by atoms with Crippen LogP contribution in [0.15, 0.2) is 42.5 Å². The molecule has 1 aliphatic rings. The number of alkyl halides is 6. The van der Waals surface area contributed by atoms with Gasteiger partial charge in [0.15, 0.2) is 0 Å². The molecule has 1 fully saturated rings. The van der Waals surface area contributed by atoms with Gasteiger partial charge in [0.2, 0.25) is 5.82 Å². The summed E-state index contributed by atoms with van der Waals surface area (Å²) in [4.78, 5) is 17.8. The molecule has 8 nitrogen and oxygen atoms in total. The fraction of sp³-hybridized carbons (Fsp3) is 0.375. The smallest absolute Gasteiger partial charge is 0.416 e. The van der Waals surface area contributed by atoms with Gasteiger partial charge < -0.3 is 24.8 Å². The highest BCUT2D eigenvalue weighted by molar-refractivity contribution is 6.99. The standard InChI is InChI=1S/C24H24F6N6O2S/c1-34(2)19-5-3-4-15(10-19)14-38-21-20(32-39-33-21)35-6-8-36(9-7-35)22(37)31-18-12-16(23(25,26)27)11-17(13-18)24(28,29)30/h3-5,10-13H,6-9,14H2,1-2H3,(H,31,37). The van der Waals surface area contributed by atoms with Gasteiger partial charge >= 0.3 is 18.4 Å². The second-order valence-electron chi connectivity index (χ2n) is 8.94. The Bertz CT molecular complexity index is 1270. The van der Waals surface area contributed by atoms with Gasteiger partial charge in [-0.25, -0.2) is 4.79 Å². The van der Waals surface area contributed by atoms with Crippen LogP contribution in [0.1, 0.15) is 16.7 Å². The summed E-state index contributed by atoms with van der Waals surface area (Å²) in [6.07, 6.45) is -10.0. The van der Waals surface area contributed by atoms with Gasteiger partial charge in [-0.15, -0.1) is 4.37 Å². The maximum absolute atomic E-state index is 13.1. The van der Waals surface area contributed by atoms with Gasteiger partial charge in [0.25, 0.3) is 5.88 Å². The summed E-state index contributed by atoms with van der Waals surface area (Å²) in [5, 5.41) is 2.16. The molecule has 0 saturated carbocycles. The van der Waals surface area contributed by atoms with Gasteiger partial charge in [0.1, 0.15) is 6.61 Å². The number of benzene rings is 2. The Hall–Kier alpha value is -3.75. The Balaban J connectivity index is 1.37. The van der Waals surface area contributed by atoms with Crippen molar-refractivity contribution in [3.63, 3.8) is 0 Å². The number of piperazine rings is 1. The second kappa shape index (κ2) is 11.2. The number of aromatic nitrogens is 2. The van der Waals surface area contributed by atoms with Gasteiger partial charge in [-0.3, -0.25) is 0 Å². The molecule has 2 aromatic carbocycles. The third-order valence-corrected chi connectivity index (χ3v) is 6.45. The Morgan fingerprint density at radius 1 is 0.974 bits per heavy atom. The lowest BCUT2D eigenvalue weighted by molar-refractivity contribution is -0.143. The van der Waals surface area contributed by atoms with E-state index in [9.17, 15) is 31.1 Å². The number of halogens is 6. The number of ether oxygens (including phenoxy) is 1. The van der Waals surface area contributed by atoms with Crippen molar-refractivity contribution in [2.24, 2.45) is 0 Å². The molecule has 0 atom stereocenters. The third-order valence-electron chi connectivity index (χ3n) is 5.95. The predicted molar refractivity (Wildman–Crippen MR) is 134 cm³/mol. The minimum Gasteiger partial charge on any atom is -0.470 e. The van der Waals surface area contributed by atoms with Gasteiger partial charge in [-0.2, -0.15) is 30.7 Å².